The van der Waals surface area contributed by atoms with Gasteiger partial charge >= 0.3 is 0 Å². The third kappa shape index (κ3) is 4.54. The summed E-state index contributed by atoms with van der Waals surface area (Å²) < 4.78 is 38.2. The molecule has 0 unspecified atom stereocenters. The number of ether oxygens (including phenoxy) is 6. The zero-order valence-electron chi connectivity index (χ0n) is 20.9. The van der Waals surface area contributed by atoms with Gasteiger partial charge in [0, 0.05) is 11.6 Å². The Balaban J connectivity index is 1.78. The second kappa shape index (κ2) is 10.9. The van der Waals surface area contributed by atoms with Crippen molar-refractivity contribution < 1.29 is 58.4 Å². The lowest BCUT2D eigenvalue weighted by Crippen LogP contribution is -2.60. The van der Waals surface area contributed by atoms with E-state index in [1.165, 1.54) is 52.7 Å². The Hall–Kier alpha value is -3.75. The molecule has 0 saturated carbocycles. The minimum atomic E-state index is -1.63. The van der Waals surface area contributed by atoms with E-state index in [0.717, 1.165) is 0 Å². The second-order valence-corrected chi connectivity index (χ2v) is 8.31. The van der Waals surface area contributed by atoms with Crippen LogP contribution in [0.1, 0.15) is 0 Å². The molecule has 2 aromatic carbocycles. The number of rotatable bonds is 8. The highest BCUT2D eigenvalue weighted by Gasteiger charge is 2.45. The van der Waals surface area contributed by atoms with Gasteiger partial charge in [0.15, 0.2) is 28.8 Å². The van der Waals surface area contributed by atoms with Gasteiger partial charge in [-0.25, -0.2) is 0 Å². The first-order valence-corrected chi connectivity index (χ1v) is 11.3. The number of phenols is 1. The molecule has 5 N–H and O–H groups in total. The quantitative estimate of drug-likeness (QED) is 0.266. The fourth-order valence-corrected chi connectivity index (χ4v) is 4.20. The lowest BCUT2D eigenvalue weighted by atomic mass is 9.99. The molecule has 0 bridgehead atoms. The highest BCUT2D eigenvalue weighted by Crippen LogP contribution is 2.44. The van der Waals surface area contributed by atoms with E-state index >= 15 is 0 Å². The number of aliphatic hydroxyl groups is 4. The predicted octanol–water partition coefficient (Wildman–Crippen LogP) is 0.379. The standard InChI is InChI=1S/C25H28O13/c1-32-12-7-10(5-6-11(12)37-25-21(31)20(30)17(27)15(9-26)38-25)22-24(35-4)19(29)16-13(36-22)8-14(33-2)23(34-3)18(16)28/h5-8,15,17,20-21,25-28,30-31H,9H2,1-4H3/t15-,17-,20-,21-,25-/m1/s1. The van der Waals surface area contributed by atoms with Crippen LogP contribution in [0.5, 0.6) is 34.5 Å². The Bertz CT molecular complexity index is 1370. The molecule has 3 aromatic rings. The van der Waals surface area contributed by atoms with E-state index in [9.17, 15) is 30.3 Å². The van der Waals surface area contributed by atoms with Crippen molar-refractivity contribution in [1.29, 1.82) is 0 Å². The molecule has 38 heavy (non-hydrogen) atoms. The summed E-state index contributed by atoms with van der Waals surface area (Å²) in [6.45, 7) is -0.617. The molecule has 13 heteroatoms. The number of aromatic hydroxyl groups is 1. The van der Waals surface area contributed by atoms with Gasteiger partial charge < -0.3 is 58.4 Å². The Morgan fingerprint density at radius 3 is 2.13 bits per heavy atom. The first kappa shape index (κ1) is 27.3. The highest BCUT2D eigenvalue weighted by atomic mass is 16.7. The maximum atomic E-state index is 13.3. The van der Waals surface area contributed by atoms with Crippen LogP contribution < -0.4 is 29.1 Å². The van der Waals surface area contributed by atoms with Crippen molar-refractivity contribution in [3.8, 4) is 45.8 Å². The topological polar surface area (TPSA) is 187 Å². The lowest BCUT2D eigenvalue weighted by Gasteiger charge is -2.39. The zero-order valence-corrected chi connectivity index (χ0v) is 20.9. The third-order valence-corrected chi connectivity index (χ3v) is 6.18. The summed E-state index contributed by atoms with van der Waals surface area (Å²) in [6.07, 6.45) is -7.40. The van der Waals surface area contributed by atoms with E-state index in [0.29, 0.717) is 5.56 Å². The van der Waals surface area contributed by atoms with Crippen LogP contribution in [0.15, 0.2) is 33.5 Å². The van der Waals surface area contributed by atoms with Gasteiger partial charge in [-0.15, -0.1) is 0 Å². The van der Waals surface area contributed by atoms with E-state index in [1.807, 2.05) is 0 Å². The summed E-state index contributed by atoms with van der Waals surface area (Å²) >= 11 is 0. The number of phenolic OH excluding ortho intramolecular Hbond substituents is 1. The fourth-order valence-electron chi connectivity index (χ4n) is 4.20. The van der Waals surface area contributed by atoms with Crippen LogP contribution in [0.3, 0.4) is 0 Å². The average molecular weight is 536 g/mol. The SMILES string of the molecule is COc1cc(-c2oc3cc(OC)c(OC)c(O)c3c(=O)c2OC)ccc1O[C@@H]1O[C@H](CO)[C@@H](O)[C@@H](O)[C@H]1O. The van der Waals surface area contributed by atoms with Crippen molar-refractivity contribution in [2.75, 3.05) is 35.0 Å². The molecular weight excluding hydrogens is 508 g/mol. The molecule has 2 heterocycles. The normalized spacial score (nSPS) is 23.2. The average Bonchev–Trinajstić information content (AvgIpc) is 2.92. The number of hydrogen-bond acceptors (Lipinski definition) is 13. The number of benzene rings is 2. The number of aliphatic hydroxyl groups excluding tert-OH is 4. The van der Waals surface area contributed by atoms with Crippen molar-refractivity contribution in [2.45, 2.75) is 30.7 Å². The smallest absolute Gasteiger partial charge is 0.239 e. The molecule has 1 aliphatic heterocycles. The summed E-state index contributed by atoms with van der Waals surface area (Å²) in [5.74, 6) is -0.373. The Morgan fingerprint density at radius 1 is 0.842 bits per heavy atom. The maximum absolute atomic E-state index is 13.3. The van der Waals surface area contributed by atoms with Crippen molar-refractivity contribution in [1.82, 2.24) is 0 Å². The first-order valence-electron chi connectivity index (χ1n) is 11.3. The fraction of sp³-hybridized carbons (Fsp3) is 0.400. The van der Waals surface area contributed by atoms with Crippen LogP contribution in [-0.4, -0.2) is 91.3 Å². The molecule has 0 amide bonds. The largest absolute Gasteiger partial charge is 0.504 e. The summed E-state index contributed by atoms with van der Waals surface area (Å²) in [4.78, 5) is 13.3. The molecule has 1 fully saturated rings. The molecular formula is C25H28O13. The minimum absolute atomic E-state index is 0.00145. The van der Waals surface area contributed by atoms with Gasteiger partial charge in [-0.2, -0.15) is 0 Å². The molecule has 0 aliphatic carbocycles. The summed E-state index contributed by atoms with van der Waals surface area (Å²) in [5, 5.41) is 50.2. The Morgan fingerprint density at radius 2 is 1.53 bits per heavy atom. The van der Waals surface area contributed by atoms with Crippen LogP contribution in [-0.2, 0) is 4.74 Å². The van der Waals surface area contributed by atoms with Crippen molar-refractivity contribution in [3.63, 3.8) is 0 Å². The summed E-state index contributed by atoms with van der Waals surface area (Å²) in [6, 6.07) is 5.80. The molecule has 1 aliphatic rings. The van der Waals surface area contributed by atoms with Gasteiger partial charge in [-0.3, -0.25) is 4.79 Å². The number of methoxy groups -OCH3 is 4. The third-order valence-electron chi connectivity index (χ3n) is 6.18. The molecule has 1 aromatic heterocycles. The summed E-state index contributed by atoms with van der Waals surface area (Å²) in [7, 11) is 5.30. The molecule has 0 radical (unpaired) electrons. The van der Waals surface area contributed by atoms with Gasteiger partial charge in [-0.1, -0.05) is 0 Å². The Kier molecular flexibility index (Phi) is 7.85. The van der Waals surface area contributed by atoms with Crippen molar-refractivity contribution in [3.05, 3.63) is 34.5 Å². The van der Waals surface area contributed by atoms with Crippen LogP contribution >= 0.6 is 0 Å². The minimum Gasteiger partial charge on any atom is -0.504 e. The number of fused-ring (bicyclic) bond motifs is 1. The summed E-state index contributed by atoms with van der Waals surface area (Å²) in [5.41, 5.74) is -0.336. The van der Waals surface area contributed by atoms with Crippen LogP contribution in [0.4, 0.5) is 0 Å². The molecule has 0 spiro atoms. The van der Waals surface area contributed by atoms with E-state index in [-0.39, 0.29) is 45.5 Å². The molecule has 13 nitrogen and oxygen atoms in total. The van der Waals surface area contributed by atoms with E-state index in [4.69, 9.17) is 32.8 Å². The zero-order chi connectivity index (χ0) is 27.7. The van der Waals surface area contributed by atoms with Gasteiger partial charge in [0.2, 0.25) is 23.2 Å². The number of hydrogen-bond donors (Lipinski definition) is 5. The van der Waals surface area contributed by atoms with Crippen LogP contribution in [0.25, 0.3) is 22.3 Å². The second-order valence-electron chi connectivity index (χ2n) is 8.31. The van der Waals surface area contributed by atoms with Gasteiger partial charge in [0.25, 0.3) is 0 Å². The Labute approximate surface area is 215 Å². The molecule has 4 rings (SSSR count). The molecule has 5 atom stereocenters. The van der Waals surface area contributed by atoms with Crippen molar-refractivity contribution >= 4 is 11.0 Å². The lowest BCUT2D eigenvalue weighted by molar-refractivity contribution is -0.277. The van der Waals surface area contributed by atoms with Gasteiger partial charge in [0.05, 0.1) is 35.0 Å². The van der Waals surface area contributed by atoms with E-state index in [1.54, 1.807) is 0 Å². The van der Waals surface area contributed by atoms with Crippen LogP contribution in [0.2, 0.25) is 0 Å². The van der Waals surface area contributed by atoms with E-state index in [2.05, 4.69) is 0 Å². The van der Waals surface area contributed by atoms with Crippen LogP contribution in [0, 0.1) is 0 Å². The van der Waals surface area contributed by atoms with E-state index < -0.39 is 48.5 Å². The molecule has 206 valence electrons. The maximum Gasteiger partial charge on any atom is 0.239 e. The van der Waals surface area contributed by atoms with Gasteiger partial charge in [-0.05, 0) is 18.2 Å². The highest BCUT2D eigenvalue weighted by molar-refractivity contribution is 5.91. The van der Waals surface area contributed by atoms with Crippen molar-refractivity contribution in [2.24, 2.45) is 0 Å². The van der Waals surface area contributed by atoms with Gasteiger partial charge in [0.1, 0.15) is 35.4 Å². The molecule has 1 saturated heterocycles. The first-order chi connectivity index (χ1) is 18.2. The predicted molar refractivity (Wildman–Crippen MR) is 130 cm³/mol. The monoisotopic (exact) mass is 536 g/mol.